The average molecular weight is 521 g/mol. The molecule has 0 aliphatic carbocycles. The number of halogens is 1. The third-order valence-electron chi connectivity index (χ3n) is 4.38. The zero-order chi connectivity index (χ0) is 18.4. The number of hydrogen-bond acceptors (Lipinski definition) is 6. The number of hydrogen-bond donors (Lipinski definition) is 2. The van der Waals surface area contributed by atoms with Crippen LogP contribution in [0.3, 0.4) is 0 Å². The highest BCUT2D eigenvalue weighted by Crippen LogP contribution is 2.24. The van der Waals surface area contributed by atoms with Crippen molar-refractivity contribution in [2.45, 2.75) is 45.6 Å². The molecule has 9 heteroatoms. The van der Waals surface area contributed by atoms with Crippen LogP contribution in [0, 0.1) is 0 Å². The maximum absolute atomic E-state index is 4.76. The lowest BCUT2D eigenvalue weighted by Crippen LogP contribution is -2.37. The van der Waals surface area contributed by atoms with Gasteiger partial charge in [0.15, 0.2) is 11.1 Å². The van der Waals surface area contributed by atoms with E-state index in [0.717, 1.165) is 48.4 Å². The molecule has 0 aromatic carbocycles. The molecule has 2 N–H and O–H groups in total. The van der Waals surface area contributed by atoms with Gasteiger partial charge in [-0.25, -0.2) is 9.97 Å². The summed E-state index contributed by atoms with van der Waals surface area (Å²) in [5.74, 6) is 1.28. The fraction of sp³-hybridized carbons (Fsp3) is 0.611. The molecule has 1 aliphatic heterocycles. The SMILES string of the molecule is CN=C(NCCc1csc(N2CCCC2)n1)NCc1nc(C(C)C)cs1.I. The van der Waals surface area contributed by atoms with Gasteiger partial charge in [-0.15, -0.1) is 46.7 Å². The summed E-state index contributed by atoms with van der Waals surface area (Å²) in [6.07, 6.45) is 3.48. The lowest BCUT2D eigenvalue weighted by molar-refractivity contribution is 0.773. The first-order valence-electron chi connectivity index (χ1n) is 9.24. The predicted molar refractivity (Wildman–Crippen MR) is 127 cm³/mol. The minimum Gasteiger partial charge on any atom is -0.356 e. The van der Waals surface area contributed by atoms with Crippen LogP contribution in [0.5, 0.6) is 0 Å². The van der Waals surface area contributed by atoms with E-state index in [4.69, 9.17) is 4.98 Å². The van der Waals surface area contributed by atoms with Crippen molar-refractivity contribution in [3.05, 3.63) is 27.2 Å². The molecule has 0 saturated carbocycles. The number of aliphatic imine (C=N–C) groups is 1. The van der Waals surface area contributed by atoms with Crippen LogP contribution in [0.4, 0.5) is 5.13 Å². The Labute approximate surface area is 186 Å². The van der Waals surface area contributed by atoms with E-state index >= 15 is 0 Å². The highest BCUT2D eigenvalue weighted by atomic mass is 127. The molecule has 150 valence electrons. The Morgan fingerprint density at radius 1 is 1.19 bits per heavy atom. The van der Waals surface area contributed by atoms with E-state index in [2.05, 4.69) is 50.1 Å². The van der Waals surface area contributed by atoms with Gasteiger partial charge in [0.05, 0.1) is 17.9 Å². The maximum atomic E-state index is 4.76. The second-order valence-electron chi connectivity index (χ2n) is 6.74. The highest BCUT2D eigenvalue weighted by molar-refractivity contribution is 14.0. The Bertz CT molecular complexity index is 721. The third-order valence-corrected chi connectivity index (χ3v) is 6.20. The molecule has 0 radical (unpaired) electrons. The second kappa shape index (κ2) is 11.2. The van der Waals surface area contributed by atoms with Crippen LogP contribution < -0.4 is 15.5 Å². The van der Waals surface area contributed by atoms with Gasteiger partial charge >= 0.3 is 0 Å². The fourth-order valence-electron chi connectivity index (χ4n) is 2.83. The Hall–Kier alpha value is -0.940. The number of anilines is 1. The van der Waals surface area contributed by atoms with Crippen molar-refractivity contribution in [1.29, 1.82) is 0 Å². The predicted octanol–water partition coefficient (Wildman–Crippen LogP) is 3.85. The first-order valence-corrected chi connectivity index (χ1v) is 11.0. The lowest BCUT2D eigenvalue weighted by atomic mass is 10.2. The summed E-state index contributed by atoms with van der Waals surface area (Å²) in [5, 5.41) is 13.3. The molecular weight excluding hydrogens is 491 g/mol. The summed E-state index contributed by atoms with van der Waals surface area (Å²) in [4.78, 5) is 16.1. The molecular formula is C18H29IN6S2. The standard InChI is InChI=1S/C18H28N6S2.HI/c1-13(2)15-12-25-16(23-15)10-21-17(19-3)20-7-6-14-11-26-18(22-14)24-8-4-5-9-24;/h11-13H,4-10H2,1-3H3,(H2,19,20,21);1H. The molecule has 1 aliphatic rings. The molecule has 1 fully saturated rings. The van der Waals surface area contributed by atoms with Crippen LogP contribution in [0.15, 0.2) is 15.8 Å². The topological polar surface area (TPSA) is 65.4 Å². The van der Waals surface area contributed by atoms with Crippen molar-refractivity contribution in [1.82, 2.24) is 20.6 Å². The molecule has 6 nitrogen and oxygen atoms in total. The van der Waals surface area contributed by atoms with Crippen LogP contribution in [0.25, 0.3) is 0 Å². The number of rotatable bonds is 7. The molecule has 2 aromatic heterocycles. The van der Waals surface area contributed by atoms with Crippen LogP contribution >= 0.6 is 46.7 Å². The van der Waals surface area contributed by atoms with Gasteiger partial charge in [-0.05, 0) is 18.8 Å². The van der Waals surface area contributed by atoms with E-state index in [1.54, 1.807) is 29.7 Å². The average Bonchev–Trinajstić information content (AvgIpc) is 3.39. The first kappa shape index (κ1) is 22.4. The van der Waals surface area contributed by atoms with E-state index in [1.165, 1.54) is 18.0 Å². The van der Waals surface area contributed by atoms with Gasteiger partial charge in [-0.3, -0.25) is 4.99 Å². The van der Waals surface area contributed by atoms with E-state index in [1.807, 2.05) is 0 Å². The monoisotopic (exact) mass is 520 g/mol. The van der Waals surface area contributed by atoms with E-state index < -0.39 is 0 Å². The number of aromatic nitrogens is 2. The molecule has 3 rings (SSSR count). The van der Waals surface area contributed by atoms with E-state index in [9.17, 15) is 0 Å². The number of nitrogens with zero attached hydrogens (tertiary/aromatic N) is 4. The minimum absolute atomic E-state index is 0. The first-order chi connectivity index (χ1) is 12.7. The van der Waals surface area contributed by atoms with Crippen LogP contribution in [0.1, 0.15) is 49.0 Å². The molecule has 27 heavy (non-hydrogen) atoms. The molecule has 1 saturated heterocycles. The Morgan fingerprint density at radius 3 is 2.63 bits per heavy atom. The summed E-state index contributed by atoms with van der Waals surface area (Å²) in [5.41, 5.74) is 2.31. The third kappa shape index (κ3) is 6.56. The quantitative estimate of drug-likeness (QED) is 0.330. The van der Waals surface area contributed by atoms with Gasteiger partial charge in [0.25, 0.3) is 0 Å². The molecule has 3 heterocycles. The van der Waals surface area contributed by atoms with Gasteiger partial charge in [-0.1, -0.05) is 13.8 Å². The Balaban J connectivity index is 0.00000261. The van der Waals surface area contributed by atoms with Gasteiger partial charge in [-0.2, -0.15) is 0 Å². The fourth-order valence-corrected chi connectivity index (χ4v) is 4.63. The highest BCUT2D eigenvalue weighted by Gasteiger charge is 2.15. The number of guanidine groups is 1. The Kier molecular flexibility index (Phi) is 9.24. The van der Waals surface area contributed by atoms with Crippen LogP contribution in [0.2, 0.25) is 0 Å². The van der Waals surface area contributed by atoms with Crippen molar-refractivity contribution < 1.29 is 0 Å². The van der Waals surface area contributed by atoms with Crippen molar-refractivity contribution >= 4 is 57.7 Å². The van der Waals surface area contributed by atoms with Crippen molar-refractivity contribution in [3.63, 3.8) is 0 Å². The van der Waals surface area contributed by atoms with Gasteiger partial charge in [0.1, 0.15) is 5.01 Å². The minimum atomic E-state index is 0. The summed E-state index contributed by atoms with van der Waals surface area (Å²) in [7, 11) is 1.80. The number of thiazole rings is 2. The molecule has 0 amide bonds. The maximum Gasteiger partial charge on any atom is 0.191 e. The summed E-state index contributed by atoms with van der Waals surface area (Å²) >= 11 is 3.45. The van der Waals surface area contributed by atoms with Gasteiger partial charge in [0, 0.05) is 43.9 Å². The van der Waals surface area contributed by atoms with Crippen molar-refractivity contribution in [3.8, 4) is 0 Å². The zero-order valence-corrected chi connectivity index (χ0v) is 20.2. The molecule has 0 unspecified atom stereocenters. The van der Waals surface area contributed by atoms with E-state index in [-0.39, 0.29) is 24.0 Å². The molecule has 2 aromatic rings. The zero-order valence-electron chi connectivity index (χ0n) is 16.2. The summed E-state index contributed by atoms with van der Waals surface area (Å²) in [6, 6.07) is 0. The summed E-state index contributed by atoms with van der Waals surface area (Å²) < 4.78 is 0. The smallest absolute Gasteiger partial charge is 0.191 e. The second-order valence-corrected chi connectivity index (χ2v) is 8.52. The lowest BCUT2D eigenvalue weighted by Gasteiger charge is -2.12. The van der Waals surface area contributed by atoms with Gasteiger partial charge < -0.3 is 15.5 Å². The molecule has 0 atom stereocenters. The Morgan fingerprint density at radius 2 is 1.96 bits per heavy atom. The van der Waals surface area contributed by atoms with Crippen molar-refractivity contribution in [2.24, 2.45) is 4.99 Å². The van der Waals surface area contributed by atoms with Gasteiger partial charge in [0.2, 0.25) is 0 Å². The molecule has 0 spiro atoms. The van der Waals surface area contributed by atoms with Crippen molar-refractivity contribution in [2.75, 3.05) is 31.6 Å². The van der Waals surface area contributed by atoms with Crippen LogP contribution in [-0.2, 0) is 13.0 Å². The number of nitrogens with one attached hydrogen (secondary N) is 2. The molecule has 0 bridgehead atoms. The van der Waals surface area contributed by atoms with E-state index in [0.29, 0.717) is 12.5 Å². The largest absolute Gasteiger partial charge is 0.356 e. The van der Waals surface area contributed by atoms with Crippen LogP contribution in [-0.4, -0.2) is 42.6 Å². The summed E-state index contributed by atoms with van der Waals surface area (Å²) in [6.45, 7) is 8.15. The normalized spacial score (nSPS) is 14.5.